The number of nitrogens with one attached hydrogen (secondary N) is 1. The Morgan fingerprint density at radius 3 is 2.29 bits per heavy atom. The molecule has 0 rings (SSSR count). The van der Waals surface area contributed by atoms with Crippen molar-refractivity contribution in [1.29, 1.82) is 0 Å². The molecule has 0 atom stereocenters. The van der Waals surface area contributed by atoms with Gasteiger partial charge in [0.05, 0.1) is 33.0 Å². The van der Waals surface area contributed by atoms with Gasteiger partial charge in [0.1, 0.15) is 0 Å². The van der Waals surface area contributed by atoms with Crippen molar-refractivity contribution in [2.24, 2.45) is 0 Å². The van der Waals surface area contributed by atoms with Crippen LogP contribution in [0.5, 0.6) is 0 Å². The topological polar surface area (TPSA) is 54.0 Å². The van der Waals surface area contributed by atoms with E-state index in [4.69, 9.17) is 14.6 Å². The predicted octanol–water partition coefficient (Wildman–Crippen LogP) is -0.0567. The maximum Gasteiger partial charge on any atom is 0.0701 e. The molecule has 0 saturated heterocycles. The molecule has 0 aromatic heterocycles. The number of hydrogen-bond donors (Lipinski definition) is 2. The lowest BCUT2D eigenvalue weighted by Crippen LogP contribution is -2.30. The molecular formula is C12H28N2O3. The summed E-state index contributed by atoms with van der Waals surface area (Å²) in [6.07, 6.45) is 0. The van der Waals surface area contributed by atoms with Gasteiger partial charge >= 0.3 is 0 Å². The fourth-order valence-corrected chi connectivity index (χ4v) is 1.41. The van der Waals surface area contributed by atoms with Crippen molar-refractivity contribution in [3.8, 4) is 0 Å². The van der Waals surface area contributed by atoms with Crippen LogP contribution in [0.4, 0.5) is 0 Å². The van der Waals surface area contributed by atoms with Crippen molar-refractivity contribution in [1.82, 2.24) is 10.2 Å². The SMILES string of the molecule is CCNCCOCCOCCN(CC)CCO. The first kappa shape index (κ1) is 16.8. The minimum absolute atomic E-state index is 0.210. The number of ether oxygens (including phenoxy) is 2. The lowest BCUT2D eigenvalue weighted by atomic mass is 10.5. The van der Waals surface area contributed by atoms with E-state index in [0.29, 0.717) is 19.8 Å². The van der Waals surface area contributed by atoms with Crippen LogP contribution in [-0.2, 0) is 9.47 Å². The highest BCUT2D eigenvalue weighted by atomic mass is 16.5. The molecular weight excluding hydrogens is 220 g/mol. The van der Waals surface area contributed by atoms with E-state index in [1.807, 2.05) is 0 Å². The van der Waals surface area contributed by atoms with E-state index in [2.05, 4.69) is 24.1 Å². The summed E-state index contributed by atoms with van der Waals surface area (Å²) >= 11 is 0. The first-order chi connectivity index (χ1) is 8.35. The molecule has 5 nitrogen and oxygen atoms in total. The molecule has 0 aromatic carbocycles. The highest BCUT2D eigenvalue weighted by molar-refractivity contribution is 4.52. The van der Waals surface area contributed by atoms with E-state index in [1.54, 1.807) is 0 Å². The molecule has 17 heavy (non-hydrogen) atoms. The van der Waals surface area contributed by atoms with Crippen molar-refractivity contribution in [3.05, 3.63) is 0 Å². The van der Waals surface area contributed by atoms with Crippen LogP contribution in [0.25, 0.3) is 0 Å². The number of likely N-dealkylation sites (N-methyl/N-ethyl adjacent to an activating group) is 2. The van der Waals surface area contributed by atoms with Crippen LogP contribution in [0.2, 0.25) is 0 Å². The molecule has 0 bridgehead atoms. The van der Waals surface area contributed by atoms with Gasteiger partial charge in [0.2, 0.25) is 0 Å². The Morgan fingerprint density at radius 1 is 1.00 bits per heavy atom. The van der Waals surface area contributed by atoms with Crippen molar-refractivity contribution in [2.45, 2.75) is 13.8 Å². The zero-order valence-electron chi connectivity index (χ0n) is 11.3. The van der Waals surface area contributed by atoms with Crippen molar-refractivity contribution >= 4 is 0 Å². The molecule has 0 spiro atoms. The number of aliphatic hydroxyl groups excluding tert-OH is 1. The third-order valence-electron chi connectivity index (χ3n) is 2.46. The summed E-state index contributed by atoms with van der Waals surface area (Å²) in [5.74, 6) is 0. The van der Waals surface area contributed by atoms with Crippen molar-refractivity contribution in [3.63, 3.8) is 0 Å². The van der Waals surface area contributed by atoms with Crippen LogP contribution in [0.15, 0.2) is 0 Å². The molecule has 5 heteroatoms. The molecule has 0 fully saturated rings. The second-order valence-corrected chi connectivity index (χ2v) is 3.74. The Kier molecular flexibility index (Phi) is 13.7. The lowest BCUT2D eigenvalue weighted by molar-refractivity contribution is 0.0385. The lowest BCUT2D eigenvalue weighted by Gasteiger charge is -2.18. The van der Waals surface area contributed by atoms with Gasteiger partial charge in [-0.05, 0) is 13.1 Å². The van der Waals surface area contributed by atoms with Crippen LogP contribution >= 0.6 is 0 Å². The number of aliphatic hydroxyl groups is 1. The van der Waals surface area contributed by atoms with Gasteiger partial charge in [-0.15, -0.1) is 0 Å². The fraction of sp³-hybridized carbons (Fsp3) is 1.00. The minimum Gasteiger partial charge on any atom is -0.395 e. The monoisotopic (exact) mass is 248 g/mol. The highest BCUT2D eigenvalue weighted by Gasteiger charge is 2.00. The molecule has 0 aromatic rings. The van der Waals surface area contributed by atoms with Gasteiger partial charge < -0.3 is 19.9 Å². The molecule has 2 N–H and O–H groups in total. The number of hydrogen-bond acceptors (Lipinski definition) is 5. The highest BCUT2D eigenvalue weighted by Crippen LogP contribution is 1.87. The summed E-state index contributed by atoms with van der Waals surface area (Å²) in [6, 6.07) is 0. The molecule has 0 amide bonds. The average Bonchev–Trinajstić information content (AvgIpc) is 2.35. The second kappa shape index (κ2) is 13.9. The summed E-state index contributed by atoms with van der Waals surface area (Å²) < 4.78 is 10.8. The summed E-state index contributed by atoms with van der Waals surface area (Å²) in [6.45, 7) is 11.5. The van der Waals surface area contributed by atoms with E-state index in [1.165, 1.54) is 0 Å². The van der Waals surface area contributed by atoms with Crippen molar-refractivity contribution in [2.75, 3.05) is 65.8 Å². The van der Waals surface area contributed by atoms with Gasteiger partial charge in [0.25, 0.3) is 0 Å². The Bertz CT molecular complexity index is 148. The smallest absolute Gasteiger partial charge is 0.0701 e. The van der Waals surface area contributed by atoms with Crippen LogP contribution in [0.1, 0.15) is 13.8 Å². The zero-order valence-corrected chi connectivity index (χ0v) is 11.3. The van der Waals surface area contributed by atoms with Crippen LogP contribution < -0.4 is 5.32 Å². The number of nitrogens with zero attached hydrogens (tertiary/aromatic N) is 1. The van der Waals surface area contributed by atoms with Crippen LogP contribution in [-0.4, -0.2) is 75.8 Å². The first-order valence-electron chi connectivity index (χ1n) is 6.54. The van der Waals surface area contributed by atoms with Gasteiger partial charge in [-0.3, -0.25) is 4.90 Å². The number of rotatable bonds is 13. The molecule has 0 heterocycles. The van der Waals surface area contributed by atoms with Gasteiger partial charge in [0, 0.05) is 19.6 Å². The Labute approximate surface area is 105 Å². The summed E-state index contributed by atoms with van der Waals surface area (Å²) in [5, 5.41) is 12.0. The maximum atomic E-state index is 8.80. The predicted molar refractivity (Wildman–Crippen MR) is 69.4 cm³/mol. The van der Waals surface area contributed by atoms with E-state index >= 15 is 0 Å². The molecule has 104 valence electrons. The maximum absolute atomic E-state index is 8.80. The fourth-order valence-electron chi connectivity index (χ4n) is 1.41. The van der Waals surface area contributed by atoms with Gasteiger partial charge in [-0.2, -0.15) is 0 Å². The molecule has 0 aliphatic heterocycles. The van der Waals surface area contributed by atoms with E-state index in [0.717, 1.165) is 39.3 Å². The third-order valence-corrected chi connectivity index (χ3v) is 2.46. The molecule has 0 saturated carbocycles. The Morgan fingerprint density at radius 2 is 1.71 bits per heavy atom. The Hall–Kier alpha value is -0.200. The zero-order chi connectivity index (χ0) is 12.8. The van der Waals surface area contributed by atoms with E-state index in [9.17, 15) is 0 Å². The van der Waals surface area contributed by atoms with Gasteiger partial charge in [-0.25, -0.2) is 0 Å². The summed E-state index contributed by atoms with van der Waals surface area (Å²) in [4.78, 5) is 2.16. The quantitative estimate of drug-likeness (QED) is 0.447. The second-order valence-electron chi connectivity index (χ2n) is 3.74. The molecule has 0 aliphatic rings. The Balaban J connectivity index is 3.11. The van der Waals surface area contributed by atoms with E-state index in [-0.39, 0.29) is 6.61 Å². The van der Waals surface area contributed by atoms with Crippen LogP contribution in [0, 0.1) is 0 Å². The summed E-state index contributed by atoms with van der Waals surface area (Å²) in [5.41, 5.74) is 0. The standard InChI is InChI=1S/C12H28N2O3/c1-3-13-5-9-16-11-12-17-10-7-14(4-2)6-8-15/h13,15H,3-12H2,1-2H3. The molecule has 0 aliphatic carbocycles. The van der Waals surface area contributed by atoms with Crippen LogP contribution in [0.3, 0.4) is 0 Å². The van der Waals surface area contributed by atoms with Gasteiger partial charge in [0.15, 0.2) is 0 Å². The molecule has 0 radical (unpaired) electrons. The van der Waals surface area contributed by atoms with Crippen molar-refractivity contribution < 1.29 is 14.6 Å². The summed E-state index contributed by atoms with van der Waals surface area (Å²) in [7, 11) is 0. The van der Waals surface area contributed by atoms with E-state index < -0.39 is 0 Å². The average molecular weight is 248 g/mol. The largest absolute Gasteiger partial charge is 0.395 e. The molecule has 0 unspecified atom stereocenters. The minimum atomic E-state index is 0.210. The third kappa shape index (κ3) is 12.1. The normalized spacial score (nSPS) is 11.3. The van der Waals surface area contributed by atoms with Gasteiger partial charge in [-0.1, -0.05) is 13.8 Å². The first-order valence-corrected chi connectivity index (χ1v) is 6.54.